The number of anilines is 1. The number of nitrogens with two attached hydrogens (primary N) is 1. The van der Waals surface area contributed by atoms with E-state index >= 15 is 4.39 Å². The Labute approximate surface area is 238 Å². The van der Waals surface area contributed by atoms with Gasteiger partial charge in [0.25, 0.3) is 0 Å². The number of azide groups is 1. The Kier molecular flexibility index (Phi) is 9.16. The van der Waals surface area contributed by atoms with Crippen LogP contribution in [0.25, 0.3) is 21.2 Å². The van der Waals surface area contributed by atoms with Gasteiger partial charge in [-0.1, -0.05) is 41.5 Å². The number of hydrogen-bond donors (Lipinski definition) is 3. The molecular formula is C25H29FN7O8P. The molecule has 15 nitrogen and oxygen atoms in total. The highest BCUT2D eigenvalue weighted by Gasteiger charge is 2.58. The first-order chi connectivity index (χ1) is 19.9. The molecule has 4 rings (SSSR count). The van der Waals surface area contributed by atoms with Crippen LogP contribution in [0.2, 0.25) is 0 Å². The first-order valence-corrected chi connectivity index (χ1v) is 14.2. The van der Waals surface area contributed by atoms with Crippen LogP contribution in [0.3, 0.4) is 0 Å². The Morgan fingerprint density at radius 2 is 2.02 bits per heavy atom. The van der Waals surface area contributed by atoms with Crippen molar-refractivity contribution in [3.05, 3.63) is 75.7 Å². The molecule has 0 bridgehead atoms. The topological polar surface area (TPSA) is 213 Å². The fraction of sp³-hybridized carbons (Fsp3) is 0.400. The molecule has 0 aliphatic carbocycles. The molecule has 1 fully saturated rings. The van der Waals surface area contributed by atoms with Crippen molar-refractivity contribution < 1.29 is 37.4 Å². The average molecular weight is 606 g/mol. The lowest BCUT2D eigenvalue weighted by atomic mass is 10.1. The van der Waals surface area contributed by atoms with Crippen LogP contribution >= 0.6 is 7.75 Å². The third-order valence-corrected chi connectivity index (χ3v) is 7.76. The largest absolute Gasteiger partial charge is 0.462 e. The normalized spacial score (nSPS) is 24.1. The van der Waals surface area contributed by atoms with E-state index in [9.17, 15) is 24.8 Å². The van der Waals surface area contributed by atoms with Gasteiger partial charge >= 0.3 is 19.4 Å². The summed E-state index contributed by atoms with van der Waals surface area (Å²) in [5.74, 6) is -0.827. The minimum Gasteiger partial charge on any atom is -0.462 e. The summed E-state index contributed by atoms with van der Waals surface area (Å²) in [6, 6.07) is 11.9. The van der Waals surface area contributed by atoms with E-state index in [0.29, 0.717) is 5.39 Å². The van der Waals surface area contributed by atoms with Crippen LogP contribution in [-0.2, 0) is 23.4 Å². The molecule has 0 radical (unpaired) electrons. The first-order valence-electron chi connectivity index (χ1n) is 12.7. The molecule has 17 heteroatoms. The van der Waals surface area contributed by atoms with Crippen molar-refractivity contribution in [2.24, 2.45) is 5.11 Å². The van der Waals surface area contributed by atoms with Crippen molar-refractivity contribution in [3.8, 4) is 5.75 Å². The number of rotatable bonds is 11. The van der Waals surface area contributed by atoms with Crippen LogP contribution in [0.4, 0.5) is 10.2 Å². The Balaban J connectivity index is 1.68. The summed E-state index contributed by atoms with van der Waals surface area (Å²) in [6.07, 6.45) is -5.62. The number of carbonyl (C=O) groups is 1. The number of halogens is 1. The van der Waals surface area contributed by atoms with Gasteiger partial charge in [0.1, 0.15) is 23.7 Å². The van der Waals surface area contributed by atoms with Crippen LogP contribution in [-0.4, -0.2) is 57.4 Å². The molecule has 1 aromatic heterocycles. The molecule has 4 N–H and O–H groups in total. The van der Waals surface area contributed by atoms with Crippen molar-refractivity contribution in [1.29, 1.82) is 0 Å². The lowest BCUT2D eigenvalue weighted by Crippen LogP contribution is -2.43. The molecule has 1 aliphatic rings. The summed E-state index contributed by atoms with van der Waals surface area (Å²) in [6.45, 7) is 3.52. The van der Waals surface area contributed by atoms with Gasteiger partial charge in [-0.3, -0.25) is 13.9 Å². The van der Waals surface area contributed by atoms with E-state index in [1.807, 2.05) is 0 Å². The Hall–Kier alpha value is -4.04. The molecule has 1 aliphatic heterocycles. The number of alkyl halides is 1. The van der Waals surface area contributed by atoms with E-state index in [0.717, 1.165) is 16.2 Å². The van der Waals surface area contributed by atoms with Gasteiger partial charge in [0, 0.05) is 16.5 Å². The molecule has 2 aromatic carbocycles. The smallest absolute Gasteiger partial charge is 0.459 e. The number of nitrogens with zero attached hydrogens (tertiary/aromatic N) is 5. The second kappa shape index (κ2) is 12.4. The predicted octanol–water partition coefficient (Wildman–Crippen LogP) is 3.35. The minimum absolute atomic E-state index is 0.0905. The third kappa shape index (κ3) is 6.54. The van der Waals surface area contributed by atoms with Gasteiger partial charge in [-0.05, 0) is 43.8 Å². The SMILES string of the molecule is CC(C)OC(=O)[C@H](C)NP(=O)(OC[C@@]1(N=[N+]=[N-])OC(n2ccc(N)nc2=O)[C@H](O)[C@@H]1F)Oc1cccc2ccccc12. The Morgan fingerprint density at radius 3 is 2.71 bits per heavy atom. The highest BCUT2D eigenvalue weighted by atomic mass is 31.2. The second-order valence-corrected chi connectivity index (χ2v) is 11.3. The van der Waals surface area contributed by atoms with Crippen molar-refractivity contribution in [2.45, 2.75) is 57.1 Å². The number of aliphatic hydroxyl groups is 1. The van der Waals surface area contributed by atoms with Gasteiger partial charge in [0.15, 0.2) is 12.4 Å². The van der Waals surface area contributed by atoms with Gasteiger partial charge in [-0.15, -0.1) is 0 Å². The summed E-state index contributed by atoms with van der Waals surface area (Å²) < 4.78 is 52.6. The van der Waals surface area contributed by atoms with Crippen molar-refractivity contribution >= 4 is 30.3 Å². The van der Waals surface area contributed by atoms with Crippen LogP contribution in [0.1, 0.15) is 27.0 Å². The standard InChI is InChI=1S/C25H29FN7O8P/c1-14(2)39-23(35)15(3)30-42(37,41-18-10-6-8-16-7-4-5-9-17(16)18)38-13-25(31-32-28)21(26)20(34)22(40-25)33-12-11-19(27)29-24(33)36/h4-12,14-15,20-22,34H,13H2,1-3H3,(H,30,37)(H2,27,29,36)/t15-,20+,21-,22?,25+,42?/m0/s1. The highest BCUT2D eigenvalue weighted by molar-refractivity contribution is 7.52. The van der Waals surface area contributed by atoms with Crippen LogP contribution in [0.15, 0.2) is 64.6 Å². The quantitative estimate of drug-likeness (QED) is 0.0947. The molecule has 3 aromatic rings. The lowest BCUT2D eigenvalue weighted by Gasteiger charge is -2.29. The van der Waals surface area contributed by atoms with Crippen LogP contribution in [0, 0.1) is 0 Å². The molecule has 0 saturated carbocycles. The summed E-state index contributed by atoms with van der Waals surface area (Å²) in [5.41, 5.74) is 11.1. The lowest BCUT2D eigenvalue weighted by molar-refractivity contribution is -0.149. The fourth-order valence-corrected chi connectivity index (χ4v) is 5.72. The van der Waals surface area contributed by atoms with E-state index in [1.54, 1.807) is 50.2 Å². The molecule has 0 amide bonds. The number of hydrogen-bond acceptors (Lipinski definition) is 11. The van der Waals surface area contributed by atoms with Gasteiger partial charge in [-0.2, -0.15) is 10.1 Å². The number of benzene rings is 2. The molecule has 0 spiro atoms. The summed E-state index contributed by atoms with van der Waals surface area (Å²) >= 11 is 0. The zero-order chi connectivity index (χ0) is 30.7. The van der Waals surface area contributed by atoms with Crippen molar-refractivity contribution in [1.82, 2.24) is 14.6 Å². The van der Waals surface area contributed by atoms with Gasteiger partial charge in [0.2, 0.25) is 5.72 Å². The number of aliphatic hydroxyl groups excluding tert-OH is 1. The molecule has 6 atom stereocenters. The maximum absolute atomic E-state index is 15.6. The molecule has 2 heterocycles. The van der Waals surface area contributed by atoms with Gasteiger partial charge in [0.05, 0.1) is 12.7 Å². The van der Waals surface area contributed by atoms with Crippen LogP contribution < -0.4 is 21.0 Å². The highest BCUT2D eigenvalue weighted by Crippen LogP contribution is 2.50. The Morgan fingerprint density at radius 1 is 1.31 bits per heavy atom. The number of nitrogens with one attached hydrogen (secondary N) is 1. The van der Waals surface area contributed by atoms with Crippen LogP contribution in [0.5, 0.6) is 5.75 Å². The summed E-state index contributed by atoms with van der Waals surface area (Å²) in [5, 5.41) is 17.7. The summed E-state index contributed by atoms with van der Waals surface area (Å²) in [4.78, 5) is 31.0. The third-order valence-electron chi connectivity index (χ3n) is 6.15. The molecule has 1 saturated heterocycles. The average Bonchev–Trinajstić information content (AvgIpc) is 3.17. The number of nitrogen functional groups attached to an aromatic ring is 1. The fourth-order valence-electron chi connectivity index (χ4n) is 4.19. The van der Waals surface area contributed by atoms with Gasteiger partial charge < -0.3 is 24.8 Å². The second-order valence-electron chi connectivity index (χ2n) is 9.65. The first kappa shape index (κ1) is 30.9. The van der Waals surface area contributed by atoms with Crippen molar-refractivity contribution in [3.63, 3.8) is 0 Å². The Bertz CT molecular complexity index is 1610. The zero-order valence-electron chi connectivity index (χ0n) is 22.7. The van der Waals surface area contributed by atoms with Gasteiger partial charge in [-0.25, -0.2) is 13.8 Å². The van der Waals surface area contributed by atoms with E-state index < -0.39 is 62.4 Å². The zero-order valence-corrected chi connectivity index (χ0v) is 23.6. The van der Waals surface area contributed by atoms with E-state index in [2.05, 4.69) is 20.1 Å². The maximum Gasteiger partial charge on any atom is 0.459 e. The number of ether oxygens (including phenoxy) is 2. The molecular weight excluding hydrogens is 576 g/mol. The molecule has 2 unspecified atom stereocenters. The number of fused-ring (bicyclic) bond motifs is 1. The predicted molar refractivity (Wildman–Crippen MR) is 148 cm³/mol. The minimum atomic E-state index is -4.63. The van der Waals surface area contributed by atoms with E-state index in [-0.39, 0.29) is 11.6 Å². The maximum atomic E-state index is 15.6. The summed E-state index contributed by atoms with van der Waals surface area (Å²) in [7, 11) is -4.63. The number of carbonyl (C=O) groups excluding carboxylic acids is 1. The van der Waals surface area contributed by atoms with E-state index in [4.69, 9.17) is 24.3 Å². The number of aromatic nitrogens is 2. The van der Waals surface area contributed by atoms with Crippen molar-refractivity contribution in [2.75, 3.05) is 12.3 Å². The molecule has 224 valence electrons. The van der Waals surface area contributed by atoms with E-state index in [1.165, 1.54) is 19.1 Å². The molecule has 42 heavy (non-hydrogen) atoms. The number of esters is 1. The monoisotopic (exact) mass is 605 g/mol.